The maximum atomic E-state index is 12.4. The Morgan fingerprint density at radius 1 is 1.14 bits per heavy atom. The number of hydrogen-bond donors (Lipinski definition) is 1. The normalized spacial score (nSPS) is 17.4. The second kappa shape index (κ2) is 7.70. The average molecular weight is 401 g/mol. The Bertz CT molecular complexity index is 863. The number of benzene rings is 1. The maximum absolute atomic E-state index is 12.4. The molecule has 0 unspecified atom stereocenters. The highest BCUT2D eigenvalue weighted by atomic mass is 32.1. The fourth-order valence-corrected chi connectivity index (χ4v) is 3.55. The minimum absolute atomic E-state index is 0.163. The molecule has 1 aliphatic rings. The van der Waals surface area contributed by atoms with Crippen LogP contribution >= 0.6 is 11.3 Å². The second-order valence-corrected chi connectivity index (χ2v) is 8.76. The van der Waals surface area contributed by atoms with Crippen LogP contribution in [0, 0.1) is 0 Å². The highest BCUT2D eigenvalue weighted by molar-refractivity contribution is 7.10. The summed E-state index contributed by atoms with van der Waals surface area (Å²) in [5.74, 6) is -0.656. The molecule has 1 N–H and O–H groups in total. The number of nitrogens with one attached hydrogen (secondary N) is 1. The maximum Gasteiger partial charge on any atom is 0.494 e. The number of anilines is 1. The molecule has 148 valence electrons. The molecule has 1 aliphatic heterocycles. The first-order chi connectivity index (χ1) is 13.1. The SMILES string of the molecule is COC(=O)c1cc(NC(=O)Cc2cccs2)cc(B2OC(C)(C)C(C)(C)O2)c1. The average Bonchev–Trinajstić information content (AvgIpc) is 3.19. The Morgan fingerprint density at radius 3 is 2.39 bits per heavy atom. The Morgan fingerprint density at radius 2 is 1.82 bits per heavy atom. The summed E-state index contributed by atoms with van der Waals surface area (Å²) in [6, 6.07) is 8.84. The van der Waals surface area contributed by atoms with E-state index in [9.17, 15) is 9.59 Å². The van der Waals surface area contributed by atoms with Crippen molar-refractivity contribution in [2.45, 2.75) is 45.3 Å². The lowest BCUT2D eigenvalue weighted by Gasteiger charge is -2.32. The zero-order valence-corrected chi connectivity index (χ0v) is 17.5. The smallest absolute Gasteiger partial charge is 0.465 e. The van der Waals surface area contributed by atoms with Crippen LogP contribution in [0.5, 0.6) is 0 Å². The molecule has 28 heavy (non-hydrogen) atoms. The van der Waals surface area contributed by atoms with Gasteiger partial charge in [0, 0.05) is 10.6 Å². The first kappa shape index (κ1) is 20.6. The van der Waals surface area contributed by atoms with Crippen LogP contribution in [0.3, 0.4) is 0 Å². The lowest BCUT2D eigenvalue weighted by Crippen LogP contribution is -2.41. The summed E-state index contributed by atoms with van der Waals surface area (Å²) in [6.45, 7) is 7.84. The molecule has 1 aromatic heterocycles. The Hall–Kier alpha value is -2.16. The molecule has 2 heterocycles. The largest absolute Gasteiger partial charge is 0.494 e. The summed E-state index contributed by atoms with van der Waals surface area (Å²) in [5, 5.41) is 4.78. The summed E-state index contributed by atoms with van der Waals surface area (Å²) >= 11 is 1.52. The van der Waals surface area contributed by atoms with Crippen molar-refractivity contribution in [3.63, 3.8) is 0 Å². The zero-order chi connectivity index (χ0) is 20.5. The van der Waals surface area contributed by atoms with Crippen molar-refractivity contribution >= 4 is 41.5 Å². The molecule has 1 aromatic carbocycles. The quantitative estimate of drug-likeness (QED) is 0.616. The highest BCUT2D eigenvalue weighted by Crippen LogP contribution is 2.36. The molecular formula is C20H24BNO5S. The summed E-state index contributed by atoms with van der Waals surface area (Å²) in [7, 11) is 0.668. The van der Waals surface area contributed by atoms with Crippen molar-refractivity contribution in [1.82, 2.24) is 0 Å². The molecule has 1 amide bonds. The predicted octanol–water partition coefficient (Wildman–Crippen LogP) is 3.02. The molecule has 0 bridgehead atoms. The number of esters is 1. The van der Waals surface area contributed by atoms with E-state index in [1.807, 2.05) is 45.2 Å². The Labute approximate surface area is 169 Å². The minimum atomic E-state index is -0.650. The monoisotopic (exact) mass is 401 g/mol. The number of rotatable bonds is 5. The summed E-state index contributed by atoms with van der Waals surface area (Å²) < 4.78 is 17.0. The van der Waals surface area contributed by atoms with E-state index in [-0.39, 0.29) is 12.3 Å². The van der Waals surface area contributed by atoms with E-state index in [1.165, 1.54) is 18.4 Å². The van der Waals surface area contributed by atoms with Gasteiger partial charge in [0.15, 0.2) is 0 Å². The summed E-state index contributed by atoms with van der Waals surface area (Å²) in [4.78, 5) is 25.5. The fraction of sp³-hybridized carbons (Fsp3) is 0.400. The van der Waals surface area contributed by atoms with E-state index in [1.54, 1.807) is 18.2 Å². The number of amides is 1. The van der Waals surface area contributed by atoms with Gasteiger partial charge >= 0.3 is 13.1 Å². The van der Waals surface area contributed by atoms with Gasteiger partial charge in [-0.25, -0.2) is 4.79 Å². The van der Waals surface area contributed by atoms with E-state index in [0.717, 1.165) is 4.88 Å². The number of hydrogen-bond acceptors (Lipinski definition) is 6. The van der Waals surface area contributed by atoms with Crippen LogP contribution in [0.25, 0.3) is 0 Å². The van der Waals surface area contributed by atoms with Crippen LogP contribution in [0.1, 0.15) is 42.9 Å². The zero-order valence-electron chi connectivity index (χ0n) is 16.7. The van der Waals surface area contributed by atoms with Gasteiger partial charge in [0.05, 0.1) is 30.3 Å². The molecule has 0 aliphatic carbocycles. The fourth-order valence-electron chi connectivity index (χ4n) is 2.85. The first-order valence-corrected chi connectivity index (χ1v) is 9.90. The van der Waals surface area contributed by atoms with Crippen molar-refractivity contribution in [3.05, 3.63) is 46.2 Å². The first-order valence-electron chi connectivity index (χ1n) is 9.02. The topological polar surface area (TPSA) is 73.9 Å². The predicted molar refractivity (Wildman–Crippen MR) is 110 cm³/mol. The van der Waals surface area contributed by atoms with Gasteiger partial charge in [0.1, 0.15) is 0 Å². The molecule has 0 atom stereocenters. The molecule has 1 saturated heterocycles. The summed E-state index contributed by atoms with van der Waals surface area (Å²) in [5.41, 5.74) is 0.437. The van der Waals surface area contributed by atoms with E-state index >= 15 is 0 Å². The number of carbonyl (C=O) groups excluding carboxylic acids is 2. The number of methoxy groups -OCH3 is 1. The molecule has 2 aromatic rings. The Balaban J connectivity index is 1.87. The molecule has 1 fully saturated rings. The van der Waals surface area contributed by atoms with Crippen molar-refractivity contribution in [2.75, 3.05) is 12.4 Å². The van der Waals surface area contributed by atoms with Gasteiger partial charge in [-0.15, -0.1) is 11.3 Å². The van der Waals surface area contributed by atoms with Crippen molar-refractivity contribution < 1.29 is 23.6 Å². The molecular weight excluding hydrogens is 377 g/mol. The third-order valence-corrected chi connectivity index (χ3v) is 5.98. The third kappa shape index (κ3) is 4.29. The minimum Gasteiger partial charge on any atom is -0.465 e. The van der Waals surface area contributed by atoms with Crippen molar-refractivity contribution in [1.29, 1.82) is 0 Å². The second-order valence-electron chi connectivity index (χ2n) is 7.73. The van der Waals surface area contributed by atoms with Gasteiger partial charge in [0.2, 0.25) is 5.91 Å². The van der Waals surface area contributed by atoms with Crippen LogP contribution < -0.4 is 10.8 Å². The molecule has 3 rings (SSSR count). The third-order valence-electron chi connectivity index (χ3n) is 5.10. The van der Waals surface area contributed by atoms with Crippen LogP contribution in [0.4, 0.5) is 5.69 Å². The van der Waals surface area contributed by atoms with Gasteiger partial charge in [-0.05, 0) is 62.8 Å². The van der Waals surface area contributed by atoms with Crippen LogP contribution in [0.2, 0.25) is 0 Å². The van der Waals surface area contributed by atoms with Gasteiger partial charge < -0.3 is 19.4 Å². The lowest BCUT2D eigenvalue weighted by atomic mass is 9.78. The molecule has 6 nitrogen and oxygen atoms in total. The van der Waals surface area contributed by atoms with E-state index < -0.39 is 24.3 Å². The molecule has 0 saturated carbocycles. The van der Waals surface area contributed by atoms with Gasteiger partial charge in [-0.3, -0.25) is 4.79 Å². The molecule has 0 spiro atoms. The Kier molecular flexibility index (Phi) is 5.65. The summed E-state index contributed by atoms with van der Waals surface area (Å²) in [6.07, 6.45) is 0.270. The van der Waals surface area contributed by atoms with E-state index in [4.69, 9.17) is 14.0 Å². The van der Waals surface area contributed by atoms with Crippen LogP contribution in [0.15, 0.2) is 35.7 Å². The van der Waals surface area contributed by atoms with Crippen molar-refractivity contribution in [2.24, 2.45) is 0 Å². The standard InChI is InChI=1S/C20H24BNO5S/c1-19(2)20(3,4)27-21(26-19)14-9-13(18(24)25-5)10-15(11-14)22-17(23)12-16-7-6-8-28-16/h6-11H,12H2,1-5H3,(H,22,23). The van der Waals surface area contributed by atoms with Crippen LogP contribution in [-0.2, 0) is 25.3 Å². The van der Waals surface area contributed by atoms with Gasteiger partial charge in [-0.2, -0.15) is 0 Å². The number of thiophene rings is 1. The highest BCUT2D eigenvalue weighted by Gasteiger charge is 2.51. The number of carbonyl (C=O) groups is 2. The molecule has 8 heteroatoms. The van der Waals surface area contributed by atoms with Crippen molar-refractivity contribution in [3.8, 4) is 0 Å². The van der Waals surface area contributed by atoms with E-state index in [0.29, 0.717) is 16.7 Å². The van der Waals surface area contributed by atoms with Gasteiger partial charge in [-0.1, -0.05) is 6.07 Å². The van der Waals surface area contributed by atoms with Gasteiger partial charge in [0.25, 0.3) is 0 Å². The lowest BCUT2D eigenvalue weighted by molar-refractivity contribution is -0.115. The van der Waals surface area contributed by atoms with Crippen LogP contribution in [-0.4, -0.2) is 37.3 Å². The van der Waals surface area contributed by atoms with E-state index in [2.05, 4.69) is 5.32 Å². The molecule has 0 radical (unpaired) electrons. The number of ether oxygens (including phenoxy) is 1.